The van der Waals surface area contributed by atoms with Gasteiger partial charge < -0.3 is 10.3 Å². The molecule has 2 N–H and O–H groups in total. The predicted molar refractivity (Wildman–Crippen MR) is 62.1 cm³/mol. The lowest BCUT2D eigenvalue weighted by Crippen LogP contribution is -2.01. The zero-order chi connectivity index (χ0) is 10.7. The maximum absolute atomic E-state index is 5.99. The van der Waals surface area contributed by atoms with Crippen LogP contribution in [-0.2, 0) is 6.54 Å². The van der Waals surface area contributed by atoms with E-state index in [1.165, 1.54) is 5.56 Å². The minimum atomic E-state index is 0.519. The van der Waals surface area contributed by atoms with Gasteiger partial charge in [0.2, 0.25) is 0 Å². The molecule has 15 heavy (non-hydrogen) atoms. The number of nitrogens with zero attached hydrogens (tertiary/aromatic N) is 1. The lowest BCUT2D eigenvalue weighted by atomic mass is 10.2. The fourth-order valence-electron chi connectivity index (χ4n) is 1.40. The molecule has 2 aromatic heterocycles. The lowest BCUT2D eigenvalue weighted by molar-refractivity contribution is 1.13. The number of nitrogens with one attached hydrogen (secondary N) is 2. The molecule has 2 aromatic rings. The van der Waals surface area contributed by atoms with E-state index in [-0.39, 0.29) is 0 Å². The third-order valence-corrected chi connectivity index (χ3v) is 2.53. The van der Waals surface area contributed by atoms with Gasteiger partial charge in [0.1, 0.15) is 0 Å². The van der Waals surface area contributed by atoms with Crippen LogP contribution in [0.15, 0.2) is 30.7 Å². The number of H-pyrrole nitrogens is 1. The van der Waals surface area contributed by atoms with Crippen molar-refractivity contribution in [1.29, 1.82) is 0 Å². The van der Waals surface area contributed by atoms with Gasteiger partial charge in [0.25, 0.3) is 0 Å². The number of aromatic nitrogens is 2. The second-order valence-electron chi connectivity index (χ2n) is 3.37. The Morgan fingerprint density at radius 2 is 2.33 bits per heavy atom. The summed E-state index contributed by atoms with van der Waals surface area (Å²) in [6.45, 7) is 2.75. The third-order valence-electron chi connectivity index (χ3n) is 2.24. The van der Waals surface area contributed by atoms with Gasteiger partial charge in [-0.05, 0) is 30.2 Å². The molecule has 4 heteroatoms. The van der Waals surface area contributed by atoms with Crippen molar-refractivity contribution < 1.29 is 0 Å². The van der Waals surface area contributed by atoms with Crippen molar-refractivity contribution in [2.24, 2.45) is 0 Å². The molecule has 0 bridgehead atoms. The Bertz CT molecular complexity index is 417. The average molecular weight is 222 g/mol. The van der Waals surface area contributed by atoms with Crippen LogP contribution in [0.25, 0.3) is 0 Å². The molecule has 0 spiro atoms. The number of aryl methyl sites for hydroxylation is 1. The van der Waals surface area contributed by atoms with Crippen molar-refractivity contribution in [3.63, 3.8) is 0 Å². The Kier molecular flexibility index (Phi) is 2.92. The first kappa shape index (κ1) is 10.1. The molecule has 0 atom stereocenters. The van der Waals surface area contributed by atoms with Crippen LogP contribution >= 0.6 is 11.6 Å². The zero-order valence-electron chi connectivity index (χ0n) is 8.42. The van der Waals surface area contributed by atoms with Crippen LogP contribution in [0.5, 0.6) is 0 Å². The molecule has 3 nitrogen and oxygen atoms in total. The van der Waals surface area contributed by atoms with E-state index in [9.17, 15) is 0 Å². The van der Waals surface area contributed by atoms with Crippen LogP contribution in [0.3, 0.4) is 0 Å². The van der Waals surface area contributed by atoms with Gasteiger partial charge in [-0.25, -0.2) is 4.98 Å². The number of hydrogen-bond donors (Lipinski definition) is 2. The van der Waals surface area contributed by atoms with Crippen LogP contribution in [0.1, 0.15) is 11.1 Å². The third kappa shape index (κ3) is 2.30. The molecular formula is C11H12ClN3. The summed E-state index contributed by atoms with van der Waals surface area (Å²) in [5.74, 6) is 0. The molecule has 0 radical (unpaired) electrons. The van der Waals surface area contributed by atoms with Crippen molar-refractivity contribution in [2.45, 2.75) is 13.5 Å². The number of rotatable bonds is 3. The Balaban J connectivity index is 2.11. The molecule has 0 fully saturated rings. The standard InChI is InChI=1S/C11H12ClN3/c1-8-2-5-14-11(12)10(8)15-7-9-3-4-13-6-9/h2-6,13,15H,7H2,1H3. The minimum Gasteiger partial charge on any atom is -0.378 e. The van der Waals surface area contributed by atoms with Gasteiger partial charge in [-0.3, -0.25) is 0 Å². The Morgan fingerprint density at radius 1 is 1.47 bits per heavy atom. The SMILES string of the molecule is Cc1ccnc(Cl)c1NCc1cc[nH]c1. The predicted octanol–water partition coefficient (Wildman–Crippen LogP) is 2.98. The summed E-state index contributed by atoms with van der Waals surface area (Å²) in [4.78, 5) is 7.04. The fraction of sp³-hybridized carbons (Fsp3) is 0.182. The quantitative estimate of drug-likeness (QED) is 0.783. The van der Waals surface area contributed by atoms with Crippen molar-refractivity contribution in [3.05, 3.63) is 47.0 Å². The van der Waals surface area contributed by atoms with E-state index in [0.29, 0.717) is 5.15 Å². The highest BCUT2D eigenvalue weighted by Gasteiger charge is 2.03. The second kappa shape index (κ2) is 4.36. The molecule has 2 rings (SSSR count). The molecule has 0 aliphatic carbocycles. The summed E-state index contributed by atoms with van der Waals surface area (Å²) in [6.07, 6.45) is 5.56. The molecule has 0 saturated heterocycles. The van der Waals surface area contributed by atoms with Gasteiger partial charge in [-0.1, -0.05) is 11.6 Å². The van der Waals surface area contributed by atoms with E-state index in [4.69, 9.17) is 11.6 Å². The maximum atomic E-state index is 5.99. The monoisotopic (exact) mass is 221 g/mol. The highest BCUT2D eigenvalue weighted by atomic mass is 35.5. The smallest absolute Gasteiger partial charge is 0.152 e. The van der Waals surface area contributed by atoms with E-state index in [0.717, 1.165) is 17.8 Å². The van der Waals surface area contributed by atoms with Crippen LogP contribution in [-0.4, -0.2) is 9.97 Å². The first-order valence-electron chi connectivity index (χ1n) is 4.74. The van der Waals surface area contributed by atoms with Crippen LogP contribution in [0, 0.1) is 6.92 Å². The van der Waals surface area contributed by atoms with Crippen molar-refractivity contribution in [2.75, 3.05) is 5.32 Å². The number of aromatic amines is 1. The molecule has 78 valence electrons. The number of halogens is 1. The number of pyridine rings is 1. The van der Waals surface area contributed by atoms with Crippen molar-refractivity contribution >= 4 is 17.3 Å². The Hall–Kier alpha value is -1.48. The lowest BCUT2D eigenvalue weighted by Gasteiger charge is -2.09. The molecule has 0 amide bonds. The van der Waals surface area contributed by atoms with Crippen LogP contribution in [0.2, 0.25) is 5.15 Å². The fourth-order valence-corrected chi connectivity index (χ4v) is 1.67. The number of hydrogen-bond acceptors (Lipinski definition) is 2. The molecule has 2 heterocycles. The van der Waals surface area contributed by atoms with Gasteiger partial charge in [-0.2, -0.15) is 0 Å². The van der Waals surface area contributed by atoms with E-state index >= 15 is 0 Å². The largest absolute Gasteiger partial charge is 0.378 e. The molecule has 0 aliphatic rings. The molecule has 0 aliphatic heterocycles. The van der Waals surface area contributed by atoms with Crippen LogP contribution in [0.4, 0.5) is 5.69 Å². The highest BCUT2D eigenvalue weighted by Crippen LogP contribution is 2.23. The molecular weight excluding hydrogens is 210 g/mol. The number of anilines is 1. The van der Waals surface area contributed by atoms with Gasteiger partial charge in [0, 0.05) is 25.1 Å². The summed E-state index contributed by atoms with van der Waals surface area (Å²) in [7, 11) is 0. The second-order valence-corrected chi connectivity index (χ2v) is 3.72. The normalized spacial score (nSPS) is 10.3. The first-order chi connectivity index (χ1) is 7.27. The molecule has 0 aromatic carbocycles. The van der Waals surface area contributed by atoms with E-state index in [1.54, 1.807) is 6.20 Å². The first-order valence-corrected chi connectivity index (χ1v) is 5.12. The van der Waals surface area contributed by atoms with Gasteiger partial charge in [0.05, 0.1) is 5.69 Å². The Labute approximate surface area is 93.5 Å². The summed E-state index contributed by atoms with van der Waals surface area (Å²) in [5, 5.41) is 3.79. The van der Waals surface area contributed by atoms with Gasteiger partial charge in [-0.15, -0.1) is 0 Å². The van der Waals surface area contributed by atoms with E-state index in [2.05, 4.69) is 15.3 Å². The van der Waals surface area contributed by atoms with Crippen LogP contribution < -0.4 is 5.32 Å². The minimum absolute atomic E-state index is 0.519. The van der Waals surface area contributed by atoms with Crippen molar-refractivity contribution in [1.82, 2.24) is 9.97 Å². The van der Waals surface area contributed by atoms with E-state index in [1.807, 2.05) is 31.5 Å². The highest BCUT2D eigenvalue weighted by molar-refractivity contribution is 6.32. The van der Waals surface area contributed by atoms with Crippen molar-refractivity contribution in [3.8, 4) is 0 Å². The summed E-state index contributed by atoms with van der Waals surface area (Å²) in [6, 6.07) is 3.96. The van der Waals surface area contributed by atoms with E-state index < -0.39 is 0 Å². The maximum Gasteiger partial charge on any atom is 0.152 e. The Morgan fingerprint density at radius 3 is 3.00 bits per heavy atom. The average Bonchev–Trinajstić information content (AvgIpc) is 2.70. The summed E-state index contributed by atoms with van der Waals surface area (Å²) < 4.78 is 0. The summed E-state index contributed by atoms with van der Waals surface area (Å²) in [5.41, 5.74) is 3.19. The topological polar surface area (TPSA) is 40.7 Å². The molecule has 0 saturated carbocycles. The zero-order valence-corrected chi connectivity index (χ0v) is 9.17. The summed E-state index contributed by atoms with van der Waals surface area (Å²) >= 11 is 5.99. The van der Waals surface area contributed by atoms with Gasteiger partial charge >= 0.3 is 0 Å². The molecule has 0 unspecified atom stereocenters. The van der Waals surface area contributed by atoms with Gasteiger partial charge in [0.15, 0.2) is 5.15 Å².